The van der Waals surface area contributed by atoms with Gasteiger partial charge in [-0.1, -0.05) is 11.3 Å². The molecule has 1 atom stereocenters. The van der Waals surface area contributed by atoms with Crippen molar-refractivity contribution in [2.24, 2.45) is 0 Å². The van der Waals surface area contributed by atoms with Crippen LogP contribution in [0.2, 0.25) is 0 Å². The number of hydrogen-bond acceptors (Lipinski definition) is 5. The Kier molecular flexibility index (Phi) is 2.98. The summed E-state index contributed by atoms with van der Waals surface area (Å²) in [4.78, 5) is 2.47. The molecule has 2 heterocycles. The largest absolute Gasteiger partial charge is 0.363 e. The number of anilines is 1. The van der Waals surface area contributed by atoms with E-state index in [1.165, 1.54) is 19.4 Å². The highest BCUT2D eigenvalue weighted by Crippen LogP contribution is 2.22. The normalized spacial score (nSPS) is 22.9. The molecule has 1 saturated heterocycles. The lowest BCUT2D eigenvalue weighted by Gasteiger charge is -2.18. The minimum atomic E-state index is 0.705. The number of hydrogen-bond donors (Lipinski definition) is 1. The van der Waals surface area contributed by atoms with Gasteiger partial charge in [0, 0.05) is 13.1 Å². The zero-order valence-corrected chi connectivity index (χ0v) is 9.47. The molecular formula is C9H16N4S. The Hall–Kier alpha value is -0.680. The van der Waals surface area contributed by atoms with Crippen LogP contribution in [0.25, 0.3) is 0 Å². The Morgan fingerprint density at radius 3 is 3.00 bits per heavy atom. The van der Waals surface area contributed by atoms with E-state index in [9.17, 15) is 0 Å². The van der Waals surface area contributed by atoms with Crippen LogP contribution in [0.3, 0.4) is 0 Å². The van der Waals surface area contributed by atoms with Crippen molar-refractivity contribution < 1.29 is 0 Å². The van der Waals surface area contributed by atoms with Crippen LogP contribution in [0.5, 0.6) is 0 Å². The van der Waals surface area contributed by atoms with E-state index in [2.05, 4.69) is 27.3 Å². The maximum Gasteiger partial charge on any atom is 0.205 e. The molecule has 14 heavy (non-hydrogen) atoms. The Bertz CT molecular complexity index is 299. The molecule has 1 unspecified atom stereocenters. The number of aromatic nitrogens is 2. The van der Waals surface area contributed by atoms with Gasteiger partial charge in [0.05, 0.1) is 6.54 Å². The van der Waals surface area contributed by atoms with Crippen LogP contribution in [0.4, 0.5) is 5.13 Å². The summed E-state index contributed by atoms with van der Waals surface area (Å²) in [5.74, 6) is 0. The average molecular weight is 212 g/mol. The van der Waals surface area contributed by atoms with Crippen LogP contribution >= 0.6 is 11.3 Å². The van der Waals surface area contributed by atoms with Gasteiger partial charge in [0.25, 0.3) is 0 Å². The maximum atomic E-state index is 4.15. The van der Waals surface area contributed by atoms with Crippen molar-refractivity contribution in [3.8, 4) is 0 Å². The molecular weight excluding hydrogens is 196 g/mol. The van der Waals surface area contributed by atoms with Gasteiger partial charge in [0.15, 0.2) is 0 Å². The zero-order valence-electron chi connectivity index (χ0n) is 8.66. The highest BCUT2D eigenvalue weighted by Gasteiger charge is 2.21. The second-order valence-corrected chi connectivity index (χ2v) is 4.77. The molecule has 0 aromatic carbocycles. The lowest BCUT2D eigenvalue weighted by molar-refractivity contribution is 0.259. The first-order valence-corrected chi connectivity index (χ1v) is 5.85. The van der Waals surface area contributed by atoms with E-state index in [4.69, 9.17) is 0 Å². The van der Waals surface area contributed by atoms with E-state index in [0.29, 0.717) is 6.04 Å². The minimum Gasteiger partial charge on any atom is -0.363 e. The van der Waals surface area contributed by atoms with Crippen molar-refractivity contribution in [3.63, 3.8) is 0 Å². The van der Waals surface area contributed by atoms with E-state index in [0.717, 1.165) is 16.7 Å². The Morgan fingerprint density at radius 2 is 2.43 bits per heavy atom. The van der Waals surface area contributed by atoms with E-state index in [1.807, 2.05) is 7.05 Å². The van der Waals surface area contributed by atoms with Crippen molar-refractivity contribution in [3.05, 3.63) is 5.01 Å². The molecule has 78 valence electrons. The van der Waals surface area contributed by atoms with E-state index < -0.39 is 0 Å². The molecule has 4 nitrogen and oxygen atoms in total. The fourth-order valence-corrected chi connectivity index (χ4v) is 2.54. The molecule has 0 spiro atoms. The molecule has 1 aromatic heterocycles. The summed E-state index contributed by atoms with van der Waals surface area (Å²) < 4.78 is 0. The van der Waals surface area contributed by atoms with Crippen LogP contribution in [0, 0.1) is 0 Å². The zero-order chi connectivity index (χ0) is 9.97. The molecule has 0 saturated carbocycles. The minimum absolute atomic E-state index is 0.705. The molecule has 0 aliphatic carbocycles. The van der Waals surface area contributed by atoms with Gasteiger partial charge in [0.1, 0.15) is 5.01 Å². The smallest absolute Gasteiger partial charge is 0.205 e. The molecule has 1 fully saturated rings. The van der Waals surface area contributed by atoms with Crippen molar-refractivity contribution >= 4 is 16.5 Å². The van der Waals surface area contributed by atoms with Gasteiger partial charge in [-0.05, 0) is 26.3 Å². The predicted octanol–water partition coefficient (Wildman–Crippen LogP) is 1.56. The second-order valence-electron chi connectivity index (χ2n) is 3.71. The van der Waals surface area contributed by atoms with Crippen molar-refractivity contribution in [1.29, 1.82) is 0 Å². The van der Waals surface area contributed by atoms with E-state index in [-0.39, 0.29) is 0 Å². The second kappa shape index (κ2) is 4.23. The Morgan fingerprint density at radius 1 is 1.57 bits per heavy atom. The number of nitrogens with zero attached hydrogens (tertiary/aromatic N) is 3. The van der Waals surface area contributed by atoms with E-state index >= 15 is 0 Å². The van der Waals surface area contributed by atoms with E-state index in [1.54, 1.807) is 11.3 Å². The van der Waals surface area contributed by atoms with Crippen molar-refractivity contribution in [2.75, 3.05) is 18.9 Å². The van der Waals surface area contributed by atoms with Gasteiger partial charge in [-0.15, -0.1) is 10.2 Å². The van der Waals surface area contributed by atoms with Crippen LogP contribution in [0.15, 0.2) is 0 Å². The topological polar surface area (TPSA) is 41.1 Å². The lowest BCUT2D eigenvalue weighted by atomic mass is 10.2. The third kappa shape index (κ3) is 2.04. The highest BCUT2D eigenvalue weighted by molar-refractivity contribution is 7.15. The molecule has 0 bridgehead atoms. The quantitative estimate of drug-likeness (QED) is 0.825. The monoisotopic (exact) mass is 212 g/mol. The molecule has 1 N–H and O–H groups in total. The summed E-state index contributed by atoms with van der Waals surface area (Å²) in [6.45, 7) is 4.45. The fourth-order valence-electron chi connectivity index (χ4n) is 1.82. The first-order chi connectivity index (χ1) is 6.79. The summed E-state index contributed by atoms with van der Waals surface area (Å²) in [5.41, 5.74) is 0. The molecule has 1 aromatic rings. The average Bonchev–Trinajstić information content (AvgIpc) is 2.77. The first-order valence-electron chi connectivity index (χ1n) is 5.04. The Labute approximate surface area is 88.3 Å². The fraction of sp³-hybridized carbons (Fsp3) is 0.778. The van der Waals surface area contributed by atoms with Gasteiger partial charge in [-0.3, -0.25) is 4.90 Å². The maximum absolute atomic E-state index is 4.15. The number of likely N-dealkylation sites (tertiary alicyclic amines) is 1. The summed E-state index contributed by atoms with van der Waals surface area (Å²) in [7, 11) is 1.88. The standard InChI is InChI=1S/C9H16N4S/c1-7-4-3-5-13(7)6-8-11-12-9(10-2)14-8/h7H,3-6H2,1-2H3,(H,10,12). The molecule has 1 aliphatic rings. The molecule has 5 heteroatoms. The molecule has 0 radical (unpaired) electrons. The molecule has 1 aliphatic heterocycles. The van der Waals surface area contributed by atoms with Gasteiger partial charge >= 0.3 is 0 Å². The van der Waals surface area contributed by atoms with Gasteiger partial charge in [-0.2, -0.15) is 0 Å². The summed E-state index contributed by atoms with van der Waals surface area (Å²) in [5, 5.41) is 13.2. The lowest BCUT2D eigenvalue weighted by Crippen LogP contribution is -2.26. The first kappa shape index (κ1) is 9.86. The molecule has 0 amide bonds. The summed E-state index contributed by atoms with van der Waals surface area (Å²) >= 11 is 1.65. The summed E-state index contributed by atoms with van der Waals surface area (Å²) in [6.07, 6.45) is 2.64. The van der Waals surface area contributed by atoms with Crippen LogP contribution in [-0.2, 0) is 6.54 Å². The van der Waals surface area contributed by atoms with Gasteiger partial charge in [0.2, 0.25) is 5.13 Å². The third-order valence-electron chi connectivity index (χ3n) is 2.71. The van der Waals surface area contributed by atoms with Gasteiger partial charge in [-0.25, -0.2) is 0 Å². The predicted molar refractivity (Wildman–Crippen MR) is 58.6 cm³/mol. The summed E-state index contributed by atoms with van der Waals surface area (Å²) in [6, 6.07) is 0.705. The number of rotatable bonds is 3. The number of nitrogens with one attached hydrogen (secondary N) is 1. The van der Waals surface area contributed by atoms with Crippen LogP contribution in [-0.4, -0.2) is 34.7 Å². The third-order valence-corrected chi connectivity index (χ3v) is 3.64. The van der Waals surface area contributed by atoms with Crippen LogP contribution in [0.1, 0.15) is 24.8 Å². The molecule has 2 rings (SSSR count). The highest BCUT2D eigenvalue weighted by atomic mass is 32.1. The van der Waals surface area contributed by atoms with Crippen LogP contribution < -0.4 is 5.32 Å². The SMILES string of the molecule is CNc1nnc(CN2CCCC2C)s1. The van der Waals surface area contributed by atoms with Crippen molar-refractivity contribution in [2.45, 2.75) is 32.4 Å². The Balaban J connectivity index is 1.96. The van der Waals surface area contributed by atoms with Crippen molar-refractivity contribution in [1.82, 2.24) is 15.1 Å². The van der Waals surface area contributed by atoms with Gasteiger partial charge < -0.3 is 5.32 Å².